The van der Waals surface area contributed by atoms with Crippen LogP contribution in [0.3, 0.4) is 0 Å². The minimum Gasteiger partial charge on any atom is -0.469 e. The van der Waals surface area contributed by atoms with Gasteiger partial charge < -0.3 is 44.1 Å². The molecule has 2 aliphatic heterocycles. The number of aliphatic hydroxyl groups is 4. The van der Waals surface area contributed by atoms with Gasteiger partial charge in [-0.05, 0) is 84.1 Å². The molecule has 11 nitrogen and oxygen atoms in total. The summed E-state index contributed by atoms with van der Waals surface area (Å²) in [4.78, 5) is 24.8. The molecular weight excluding hydrogens is 813 g/mol. The van der Waals surface area contributed by atoms with Crippen molar-refractivity contribution in [3.05, 3.63) is 108 Å². The summed E-state index contributed by atoms with van der Waals surface area (Å²) in [6, 6.07) is 0. The highest BCUT2D eigenvalue weighted by molar-refractivity contribution is 5.70. The van der Waals surface area contributed by atoms with Crippen LogP contribution in [0.4, 0.5) is 0 Å². The van der Waals surface area contributed by atoms with Crippen molar-refractivity contribution in [1.29, 1.82) is 0 Å². The van der Waals surface area contributed by atoms with Crippen molar-refractivity contribution in [1.82, 2.24) is 0 Å². The fourth-order valence-corrected chi connectivity index (χ4v) is 8.00. The molecule has 2 rings (SSSR count). The van der Waals surface area contributed by atoms with Crippen molar-refractivity contribution in [2.24, 2.45) is 23.7 Å². The molecule has 0 aromatic carbocycles. The van der Waals surface area contributed by atoms with Crippen LogP contribution in [-0.2, 0) is 33.3 Å². The van der Waals surface area contributed by atoms with E-state index in [4.69, 9.17) is 18.9 Å². The van der Waals surface area contributed by atoms with Crippen molar-refractivity contribution in [3.8, 4) is 0 Å². The van der Waals surface area contributed by atoms with E-state index in [2.05, 4.69) is 36.8 Å². The average Bonchev–Trinajstić information content (AvgIpc) is 3.24. The highest BCUT2D eigenvalue weighted by atomic mass is 16.7. The molecule has 0 aromatic rings. The number of rotatable bonds is 15. The summed E-state index contributed by atoms with van der Waals surface area (Å²) >= 11 is 0. The normalized spacial score (nSPS) is 31.4. The molecule has 1 saturated heterocycles. The number of hydrogen-bond acceptors (Lipinski definition) is 11. The topological polar surface area (TPSA) is 161 Å². The van der Waals surface area contributed by atoms with Gasteiger partial charge in [0.25, 0.3) is 0 Å². The van der Waals surface area contributed by atoms with Gasteiger partial charge in [-0.25, -0.2) is 0 Å². The maximum Gasteiger partial charge on any atom is 0.308 e. The molecule has 2 bridgehead atoms. The smallest absolute Gasteiger partial charge is 0.308 e. The van der Waals surface area contributed by atoms with Crippen LogP contribution in [0.25, 0.3) is 0 Å². The summed E-state index contributed by atoms with van der Waals surface area (Å²) in [6.07, 6.45) is 30.6. The van der Waals surface area contributed by atoms with Crippen molar-refractivity contribution in [3.63, 3.8) is 0 Å². The van der Waals surface area contributed by atoms with E-state index in [1.165, 1.54) is 7.11 Å². The third kappa shape index (κ3) is 22.0. The van der Waals surface area contributed by atoms with Crippen LogP contribution in [0.15, 0.2) is 108 Å². The number of carbonyl (C=O) groups is 2. The second kappa shape index (κ2) is 30.5. The SMILES string of the molecule is COC(=O)CC/C=C(\C)[C@@H](O)C/C=C/C=C/C=C/C=C/C=C/C(C)=C/[C@@H](O)[C@@H](C)[C@@H]1C[C@H](O)CCC[C@H](OC)C/C=C\C=C\C[C@H](C)[C@H]2OC(C)(C)O[C@H]([C@H]2C)[C@H](C)[C@H](O)CC(=O)O1. The molecule has 360 valence electrons. The van der Waals surface area contributed by atoms with Crippen LogP contribution in [0, 0.1) is 23.7 Å². The Morgan fingerprint density at radius 3 is 2.17 bits per heavy atom. The standard InChI is InChI=1S/C53H82O11/c1-37(26-20-16-14-12-11-13-15-17-23-32-45(55)38(2)28-24-33-49(58)61-10)34-46(56)40(4)48-35-43(54)29-25-31-44(60-9)30-22-19-18-21-27-39(3)51-42(6)52(64-53(7,8)63-51)41(5)47(57)36-50(59)62-48/h11-23,26,28,34,39-48,51-52,54-57H,24-25,27,29-33,35-36H2,1-10H3/b12-11+,15-13+,16-14+,21-18+,22-19-,23-17+,26-20+,37-34+,38-28+/t39-,40+,41+,42-,43+,44+,45-,46+,47+,48-,51+,52-/m0/s1. The van der Waals surface area contributed by atoms with Gasteiger partial charge in [0.2, 0.25) is 0 Å². The molecule has 2 aliphatic rings. The molecule has 0 amide bonds. The Hall–Kier alpha value is -3.68. The van der Waals surface area contributed by atoms with E-state index in [9.17, 15) is 30.0 Å². The number of allylic oxidation sites excluding steroid dienone is 14. The first-order valence-corrected chi connectivity index (χ1v) is 23.3. The van der Waals surface area contributed by atoms with Crippen LogP contribution in [0.2, 0.25) is 0 Å². The molecule has 64 heavy (non-hydrogen) atoms. The Morgan fingerprint density at radius 2 is 1.52 bits per heavy atom. The Morgan fingerprint density at radius 1 is 0.891 bits per heavy atom. The number of ether oxygens (including phenoxy) is 5. The molecule has 2 heterocycles. The van der Waals surface area contributed by atoms with Crippen molar-refractivity contribution < 1.29 is 53.7 Å². The summed E-state index contributed by atoms with van der Waals surface area (Å²) < 4.78 is 29.2. The van der Waals surface area contributed by atoms with Gasteiger partial charge >= 0.3 is 11.9 Å². The van der Waals surface area contributed by atoms with Crippen molar-refractivity contribution in [2.45, 2.75) is 174 Å². The number of fused-ring (bicyclic) bond motifs is 2. The molecule has 0 saturated carbocycles. The molecule has 4 N–H and O–H groups in total. The molecule has 11 heteroatoms. The third-order valence-electron chi connectivity index (χ3n) is 12.2. The van der Waals surface area contributed by atoms with E-state index >= 15 is 0 Å². The van der Waals surface area contributed by atoms with Gasteiger partial charge in [-0.15, -0.1) is 0 Å². The highest BCUT2D eigenvalue weighted by Crippen LogP contribution is 2.39. The summed E-state index contributed by atoms with van der Waals surface area (Å²) in [5.74, 6) is -2.60. The van der Waals surface area contributed by atoms with E-state index < -0.39 is 54.1 Å². The number of hydrogen-bond donors (Lipinski definition) is 4. The highest BCUT2D eigenvalue weighted by Gasteiger charge is 2.46. The molecule has 0 radical (unpaired) electrons. The molecule has 1 fully saturated rings. The molecule has 0 unspecified atom stereocenters. The molecule has 12 atom stereocenters. The third-order valence-corrected chi connectivity index (χ3v) is 12.2. The van der Waals surface area contributed by atoms with Crippen LogP contribution >= 0.6 is 0 Å². The van der Waals surface area contributed by atoms with Crippen LogP contribution < -0.4 is 0 Å². The zero-order chi connectivity index (χ0) is 47.7. The predicted molar refractivity (Wildman–Crippen MR) is 255 cm³/mol. The monoisotopic (exact) mass is 895 g/mol. The van der Waals surface area contributed by atoms with Crippen molar-refractivity contribution >= 4 is 11.9 Å². The quantitative estimate of drug-likeness (QED) is 0.0705. The van der Waals surface area contributed by atoms with E-state index in [0.29, 0.717) is 25.7 Å². The lowest BCUT2D eigenvalue weighted by atomic mass is 9.79. The van der Waals surface area contributed by atoms with Gasteiger partial charge in [0.1, 0.15) is 6.10 Å². The fourth-order valence-electron chi connectivity index (χ4n) is 8.00. The zero-order valence-corrected chi connectivity index (χ0v) is 40.4. The summed E-state index contributed by atoms with van der Waals surface area (Å²) in [5.41, 5.74) is 1.62. The van der Waals surface area contributed by atoms with E-state index in [1.54, 1.807) is 20.1 Å². The number of carbonyl (C=O) groups excluding carboxylic acids is 2. The Labute approximate surface area is 385 Å². The summed E-state index contributed by atoms with van der Waals surface area (Å²) in [6.45, 7) is 15.4. The first kappa shape index (κ1) is 56.4. The summed E-state index contributed by atoms with van der Waals surface area (Å²) in [5, 5.41) is 44.3. The summed E-state index contributed by atoms with van der Waals surface area (Å²) in [7, 11) is 3.06. The van der Waals surface area contributed by atoms with E-state index in [-0.39, 0.29) is 55.4 Å². The Bertz CT molecular complexity index is 1650. The van der Waals surface area contributed by atoms with Gasteiger partial charge in [0, 0.05) is 37.7 Å². The van der Waals surface area contributed by atoms with Crippen LogP contribution in [-0.4, -0.2) is 101 Å². The predicted octanol–water partition coefficient (Wildman–Crippen LogP) is 9.29. The number of methoxy groups -OCH3 is 2. The lowest BCUT2D eigenvalue weighted by Gasteiger charge is -2.49. The molecule has 0 spiro atoms. The average molecular weight is 895 g/mol. The van der Waals surface area contributed by atoms with Crippen LogP contribution in [0.1, 0.15) is 120 Å². The van der Waals surface area contributed by atoms with E-state index in [1.807, 2.05) is 108 Å². The first-order chi connectivity index (χ1) is 30.4. The molecule has 0 aromatic heterocycles. The molecular formula is C53H82O11. The van der Waals surface area contributed by atoms with Gasteiger partial charge in [-0.3, -0.25) is 9.59 Å². The number of cyclic esters (lactones) is 1. The molecule has 0 aliphatic carbocycles. The van der Waals surface area contributed by atoms with Crippen molar-refractivity contribution in [2.75, 3.05) is 14.2 Å². The lowest BCUT2D eigenvalue weighted by Crippen LogP contribution is -2.55. The van der Waals surface area contributed by atoms with Gasteiger partial charge in [0.15, 0.2) is 5.79 Å². The van der Waals surface area contributed by atoms with Crippen LogP contribution in [0.5, 0.6) is 0 Å². The minimum absolute atomic E-state index is 0.00294. The number of aliphatic hydroxyl groups excluding tert-OH is 4. The van der Waals surface area contributed by atoms with Gasteiger partial charge in [-0.2, -0.15) is 0 Å². The Balaban J connectivity index is 2.12. The maximum absolute atomic E-state index is 13.6. The lowest BCUT2D eigenvalue weighted by molar-refractivity contribution is -0.337. The first-order valence-electron chi connectivity index (χ1n) is 23.3. The fraction of sp³-hybridized carbons (Fsp3) is 0.623. The van der Waals surface area contributed by atoms with Gasteiger partial charge in [-0.1, -0.05) is 130 Å². The van der Waals surface area contributed by atoms with Gasteiger partial charge in [0.05, 0.1) is 56.3 Å². The number of esters is 2. The largest absolute Gasteiger partial charge is 0.469 e. The second-order valence-corrected chi connectivity index (χ2v) is 18.1. The zero-order valence-electron chi connectivity index (χ0n) is 40.4. The second-order valence-electron chi connectivity index (χ2n) is 18.1. The van der Waals surface area contributed by atoms with E-state index in [0.717, 1.165) is 30.4 Å². The maximum atomic E-state index is 13.6. The minimum atomic E-state index is -1.05. The Kier molecular flexibility index (Phi) is 26.9.